The van der Waals surface area contributed by atoms with E-state index in [0.717, 1.165) is 6.92 Å². The maximum absolute atomic E-state index is 13.6. The highest BCUT2D eigenvalue weighted by Crippen LogP contribution is 2.45. The van der Waals surface area contributed by atoms with Crippen molar-refractivity contribution in [1.29, 1.82) is 1.43 Å². The van der Waals surface area contributed by atoms with E-state index in [1.165, 1.54) is 6.92 Å². The molecule has 0 amide bonds. The average molecular weight is 423 g/mol. The van der Waals surface area contributed by atoms with Gasteiger partial charge in [-0.15, -0.1) is 0 Å². The molecule has 3 rings (SSSR count). The summed E-state index contributed by atoms with van der Waals surface area (Å²) in [5.41, 5.74) is -0.469. The number of aliphatic hydroxyl groups is 1. The number of rotatable bonds is 7. The summed E-state index contributed by atoms with van der Waals surface area (Å²) < 4.78 is 157. The zero-order valence-electron chi connectivity index (χ0n) is 34.1. The number of allylic oxidation sites excluding steroid dienone is 3. The Morgan fingerprint density at radius 1 is 1.59 bits per heavy atom. The molecular formula is C24H36O5. The fraction of sp³-hybridized carbons (Fsp3) is 0.750. The van der Waals surface area contributed by atoms with Crippen LogP contribution in [0.4, 0.5) is 0 Å². The third-order valence-electron chi connectivity index (χ3n) is 5.18. The Morgan fingerprint density at radius 2 is 2.45 bits per heavy atom. The van der Waals surface area contributed by atoms with E-state index in [0.29, 0.717) is 0 Å². The topological polar surface area (TPSA) is 72.8 Å². The van der Waals surface area contributed by atoms with Gasteiger partial charge in [0.15, 0.2) is 0 Å². The summed E-state index contributed by atoms with van der Waals surface area (Å²) in [5, 5.41) is 4.38. The molecule has 8 atom stereocenters. The molecule has 2 aliphatic carbocycles. The number of aliphatic hydroxyl groups excluding tert-OH is 1. The van der Waals surface area contributed by atoms with E-state index in [-0.39, 0.29) is 19.3 Å². The molecule has 1 saturated heterocycles. The molecule has 29 heavy (non-hydrogen) atoms. The third kappa shape index (κ3) is 5.30. The van der Waals surface area contributed by atoms with Gasteiger partial charge in [0.1, 0.15) is 12.2 Å². The van der Waals surface area contributed by atoms with Crippen LogP contribution >= 0.6 is 0 Å². The van der Waals surface area contributed by atoms with Gasteiger partial charge in [0.25, 0.3) is 0 Å². The van der Waals surface area contributed by atoms with Crippen LogP contribution in [0.25, 0.3) is 0 Å². The summed E-state index contributed by atoms with van der Waals surface area (Å²) in [6.45, 7) is -5.20. The number of hydrogen-bond acceptors (Lipinski definition) is 5. The Kier molecular flexibility index (Phi) is 2.77. The van der Waals surface area contributed by atoms with Gasteiger partial charge in [-0.05, 0) is 48.9 Å². The normalized spacial score (nSPS) is 57.9. The van der Waals surface area contributed by atoms with E-state index < -0.39 is 116 Å². The number of esters is 2. The second kappa shape index (κ2) is 9.46. The average Bonchev–Trinajstić information content (AvgIpc) is 2.88. The molecular weight excluding hydrogens is 368 g/mol. The van der Waals surface area contributed by atoms with Crippen LogP contribution in [0.15, 0.2) is 23.7 Å². The minimum atomic E-state index is -3.72. The molecule has 0 aromatic heterocycles. The van der Waals surface area contributed by atoms with Gasteiger partial charge in [-0.3, -0.25) is 9.59 Å². The van der Waals surface area contributed by atoms with E-state index >= 15 is 0 Å². The lowest BCUT2D eigenvalue weighted by molar-refractivity contribution is -0.162. The Bertz CT molecular complexity index is 1330. The summed E-state index contributed by atoms with van der Waals surface area (Å²) in [4.78, 5) is 25.9. The van der Waals surface area contributed by atoms with Crippen LogP contribution in [0.1, 0.15) is 89.2 Å². The van der Waals surface area contributed by atoms with Gasteiger partial charge >= 0.3 is 11.9 Å². The molecule has 0 spiro atoms. The summed E-state index contributed by atoms with van der Waals surface area (Å²) in [6.07, 6.45) is -15.3. The lowest BCUT2D eigenvalue weighted by Gasteiger charge is -2.43. The molecule has 0 radical (unpaired) electrons. The molecule has 1 aliphatic heterocycles. The summed E-state index contributed by atoms with van der Waals surface area (Å²) in [6, 6.07) is -2.22. The second-order valence-corrected chi connectivity index (χ2v) is 7.28. The second-order valence-electron chi connectivity index (χ2n) is 7.28. The van der Waals surface area contributed by atoms with Gasteiger partial charge < -0.3 is 14.6 Å². The monoisotopic (exact) mass is 422 g/mol. The van der Waals surface area contributed by atoms with Crippen molar-refractivity contribution in [2.45, 2.75) is 84.2 Å². The van der Waals surface area contributed by atoms with Crippen molar-refractivity contribution in [3.05, 3.63) is 23.7 Å². The third-order valence-corrected chi connectivity index (χ3v) is 5.18. The van der Waals surface area contributed by atoms with Crippen LogP contribution in [-0.4, -0.2) is 36.8 Å². The molecule has 2 unspecified atom stereocenters. The standard InChI is InChI=1S/C24H36O5/c1-5-15(3)24(27)29-21-11-14(2)10-17-7-6-16(4)20(23(17)21)9-8-19-12-18(25)13-22(26)28-19/h6-7,10,14-16,18-21,23,25H,5,8-9,11-13H2,1-4H3/t14-,15-,16-,18+,19?,20-,21?,23-/m0/s1/i1D3,3D3,5D2,6D,7D,10D,11D2,13D2,14D,16D,25D. The van der Waals surface area contributed by atoms with Crippen molar-refractivity contribution in [2.75, 3.05) is 0 Å². The smallest absolute Gasteiger partial charge is 0.308 e. The Hall–Kier alpha value is -1.62. The predicted octanol–water partition coefficient (Wildman–Crippen LogP) is 4.20. The van der Waals surface area contributed by atoms with Crippen molar-refractivity contribution in [3.63, 3.8) is 0 Å². The van der Waals surface area contributed by atoms with Gasteiger partial charge in [-0.1, -0.05) is 45.7 Å². The number of fused-ring (bicyclic) bond motifs is 1. The summed E-state index contributed by atoms with van der Waals surface area (Å²) >= 11 is 0. The predicted molar refractivity (Wildman–Crippen MR) is 111 cm³/mol. The van der Waals surface area contributed by atoms with E-state index in [1.807, 2.05) is 0 Å². The molecule has 1 heterocycles. The zero-order valence-corrected chi connectivity index (χ0v) is 16.1. The fourth-order valence-electron chi connectivity index (χ4n) is 3.79. The number of cyclic esters (lactones) is 1. The highest BCUT2D eigenvalue weighted by atomic mass is 16.5. The maximum Gasteiger partial charge on any atom is 0.308 e. The minimum absolute atomic E-state index is 0.222. The molecule has 0 aromatic rings. The number of carbonyl (C=O) groups is 2. The van der Waals surface area contributed by atoms with Crippen LogP contribution in [0, 0.1) is 29.5 Å². The molecule has 0 bridgehead atoms. The Morgan fingerprint density at radius 3 is 3.21 bits per heavy atom. The largest absolute Gasteiger partial charge is 0.462 e. The maximum atomic E-state index is 13.6. The van der Waals surface area contributed by atoms with Crippen LogP contribution in [0.2, 0.25) is 0 Å². The van der Waals surface area contributed by atoms with Crippen molar-refractivity contribution < 1.29 is 47.5 Å². The van der Waals surface area contributed by atoms with Gasteiger partial charge in [0.2, 0.25) is 1.43 Å². The van der Waals surface area contributed by atoms with E-state index in [2.05, 4.69) is 5.11 Å². The quantitative estimate of drug-likeness (QED) is 0.623. The number of ether oxygens (including phenoxy) is 2. The van der Waals surface area contributed by atoms with Gasteiger partial charge in [-0.25, -0.2) is 0 Å². The van der Waals surface area contributed by atoms with Gasteiger partial charge in [0, 0.05) is 31.5 Å². The summed E-state index contributed by atoms with van der Waals surface area (Å²) in [5.74, 6) is -14.2. The van der Waals surface area contributed by atoms with E-state index in [4.69, 9.17) is 34.2 Å². The molecule has 1 fully saturated rings. The molecule has 3 aliphatic rings. The molecule has 0 aromatic carbocycles. The Labute approximate surface area is 199 Å². The molecule has 5 heteroatoms. The van der Waals surface area contributed by atoms with Crippen LogP contribution in [0.5, 0.6) is 0 Å². The van der Waals surface area contributed by atoms with Gasteiger partial charge in [-0.2, -0.15) is 0 Å². The first-order valence-corrected chi connectivity index (χ1v) is 9.34. The minimum Gasteiger partial charge on any atom is -0.462 e. The molecule has 1 N–H and O–H groups in total. The Balaban J connectivity index is 2.19. The van der Waals surface area contributed by atoms with Crippen molar-refractivity contribution in [2.24, 2.45) is 29.5 Å². The molecule has 162 valence electrons. The lowest BCUT2D eigenvalue weighted by Crippen LogP contribution is -2.42. The van der Waals surface area contributed by atoms with Crippen LogP contribution < -0.4 is 0 Å². The first-order chi connectivity index (χ1) is 20.9. The molecule has 5 nitrogen and oxygen atoms in total. The highest BCUT2D eigenvalue weighted by molar-refractivity contribution is 5.72. The zero-order chi connectivity index (χ0) is 36.7. The number of carbonyl (C=O) groups excluding carboxylic acids is 2. The first kappa shape index (κ1) is 8.49. The number of hydrogen-bond donors (Lipinski definition) is 1. The SMILES string of the molecule is [2H]O[C@@H]1CC(CC[C@@H]2[C@@H]3C(=C([2H])[C@]([2H])(C)C([2H])([2H])C3OC(=O)[C@@H](C([2H])([2H])[2H])C([2H])([2H])C([2H])([2H])[2H])C([2H])=C([2H])[C@]2([2H])C)OC(=O)C1([2H])[2H]. The van der Waals surface area contributed by atoms with Crippen molar-refractivity contribution >= 4 is 11.9 Å². The van der Waals surface area contributed by atoms with E-state index in [9.17, 15) is 9.59 Å². The molecule has 0 saturated carbocycles. The van der Waals surface area contributed by atoms with Crippen LogP contribution in [0.3, 0.4) is 0 Å². The van der Waals surface area contributed by atoms with Crippen molar-refractivity contribution in [1.82, 2.24) is 0 Å². The lowest BCUT2D eigenvalue weighted by atomic mass is 9.65. The van der Waals surface area contributed by atoms with Crippen LogP contribution in [-0.2, 0) is 19.1 Å². The van der Waals surface area contributed by atoms with Crippen molar-refractivity contribution in [3.8, 4) is 0 Å². The van der Waals surface area contributed by atoms with Gasteiger partial charge in [0.05, 0.1) is 22.5 Å². The first-order valence-electron chi connectivity index (χ1n) is 18.3. The highest BCUT2D eigenvalue weighted by Gasteiger charge is 2.42. The fourth-order valence-corrected chi connectivity index (χ4v) is 3.79. The summed E-state index contributed by atoms with van der Waals surface area (Å²) in [7, 11) is 0. The van der Waals surface area contributed by atoms with E-state index in [1.54, 1.807) is 0 Å².